The van der Waals surface area contributed by atoms with Crippen LogP contribution in [-0.4, -0.2) is 38.2 Å². The minimum Gasteiger partial charge on any atom is -0.496 e. The van der Waals surface area contributed by atoms with E-state index in [4.69, 9.17) is 9.47 Å². The lowest BCUT2D eigenvalue weighted by atomic mass is 10.1. The number of carbonyl (C=O) groups excluding carboxylic acids is 1. The van der Waals surface area contributed by atoms with E-state index >= 15 is 0 Å². The molecule has 0 saturated heterocycles. The number of benzene rings is 2. The van der Waals surface area contributed by atoms with Crippen LogP contribution in [-0.2, 0) is 11.3 Å². The SMILES string of the molecule is COCCNC(=O)c1ccccc1NCc1cc([N+](=O)[O-])ccc1OC. The highest BCUT2D eigenvalue weighted by molar-refractivity contribution is 5.99. The molecule has 2 N–H and O–H groups in total. The Labute approximate surface area is 151 Å². The Kier molecular flexibility index (Phi) is 6.92. The maximum absolute atomic E-state index is 12.3. The van der Waals surface area contributed by atoms with Gasteiger partial charge in [-0.05, 0) is 18.2 Å². The van der Waals surface area contributed by atoms with Crippen LogP contribution in [0.4, 0.5) is 11.4 Å². The van der Waals surface area contributed by atoms with Crippen LogP contribution in [0.2, 0.25) is 0 Å². The number of methoxy groups -OCH3 is 2. The second-order valence-corrected chi connectivity index (χ2v) is 5.40. The number of non-ortho nitro benzene ring substituents is 1. The molecule has 0 unspecified atom stereocenters. The van der Waals surface area contributed by atoms with Crippen molar-refractivity contribution in [3.63, 3.8) is 0 Å². The van der Waals surface area contributed by atoms with Crippen LogP contribution < -0.4 is 15.4 Å². The lowest BCUT2D eigenvalue weighted by Crippen LogP contribution is -2.27. The van der Waals surface area contributed by atoms with E-state index in [9.17, 15) is 14.9 Å². The predicted octanol–water partition coefficient (Wildman–Crippen LogP) is 2.59. The van der Waals surface area contributed by atoms with E-state index in [1.165, 1.54) is 19.2 Å². The van der Waals surface area contributed by atoms with Crippen LogP contribution >= 0.6 is 0 Å². The average Bonchev–Trinajstić information content (AvgIpc) is 2.66. The molecule has 1 amide bonds. The fourth-order valence-electron chi connectivity index (χ4n) is 2.40. The number of nitro benzene ring substituents is 1. The maximum atomic E-state index is 12.3. The minimum absolute atomic E-state index is 0.0202. The number of hydrogen-bond acceptors (Lipinski definition) is 6. The summed E-state index contributed by atoms with van der Waals surface area (Å²) in [5.41, 5.74) is 1.70. The number of carbonyl (C=O) groups is 1. The van der Waals surface area contributed by atoms with E-state index in [1.54, 1.807) is 37.4 Å². The first kappa shape index (κ1) is 19.2. The van der Waals surface area contributed by atoms with Gasteiger partial charge in [0.1, 0.15) is 5.75 Å². The van der Waals surface area contributed by atoms with Gasteiger partial charge in [-0.25, -0.2) is 0 Å². The van der Waals surface area contributed by atoms with E-state index in [0.29, 0.717) is 35.7 Å². The molecular weight excluding hydrogens is 338 g/mol. The Morgan fingerprint density at radius 2 is 1.96 bits per heavy atom. The third-order valence-corrected chi connectivity index (χ3v) is 3.71. The number of nitrogens with one attached hydrogen (secondary N) is 2. The van der Waals surface area contributed by atoms with Crippen molar-refractivity contribution in [3.05, 3.63) is 63.7 Å². The Hall–Kier alpha value is -3.13. The Morgan fingerprint density at radius 1 is 1.19 bits per heavy atom. The maximum Gasteiger partial charge on any atom is 0.270 e. The molecule has 0 aliphatic rings. The van der Waals surface area contributed by atoms with Crippen molar-refractivity contribution >= 4 is 17.3 Å². The molecule has 26 heavy (non-hydrogen) atoms. The van der Waals surface area contributed by atoms with Crippen molar-refractivity contribution in [1.82, 2.24) is 5.32 Å². The molecule has 0 radical (unpaired) electrons. The zero-order chi connectivity index (χ0) is 18.9. The van der Waals surface area contributed by atoms with E-state index in [0.717, 1.165) is 0 Å². The zero-order valence-corrected chi connectivity index (χ0v) is 14.7. The highest BCUT2D eigenvalue weighted by Crippen LogP contribution is 2.25. The average molecular weight is 359 g/mol. The van der Waals surface area contributed by atoms with E-state index in [2.05, 4.69) is 10.6 Å². The summed E-state index contributed by atoms with van der Waals surface area (Å²) in [5, 5.41) is 16.9. The number of hydrogen-bond donors (Lipinski definition) is 2. The normalized spacial score (nSPS) is 10.2. The third-order valence-electron chi connectivity index (χ3n) is 3.71. The second-order valence-electron chi connectivity index (χ2n) is 5.40. The van der Waals surface area contributed by atoms with Crippen LogP contribution in [0.5, 0.6) is 5.75 Å². The van der Waals surface area contributed by atoms with Crippen LogP contribution in [0.15, 0.2) is 42.5 Å². The molecule has 2 aromatic carbocycles. The van der Waals surface area contributed by atoms with Gasteiger partial charge in [0, 0.05) is 43.6 Å². The number of nitrogens with zero attached hydrogens (tertiary/aromatic N) is 1. The molecule has 0 fully saturated rings. The zero-order valence-electron chi connectivity index (χ0n) is 14.7. The summed E-state index contributed by atoms with van der Waals surface area (Å²) in [7, 11) is 3.07. The fourth-order valence-corrected chi connectivity index (χ4v) is 2.40. The van der Waals surface area contributed by atoms with Crippen molar-refractivity contribution in [2.24, 2.45) is 0 Å². The van der Waals surface area contributed by atoms with E-state index in [-0.39, 0.29) is 18.1 Å². The molecule has 8 nitrogen and oxygen atoms in total. The Balaban J connectivity index is 2.16. The third kappa shape index (κ3) is 4.93. The number of amides is 1. The first-order valence-corrected chi connectivity index (χ1v) is 7.98. The smallest absolute Gasteiger partial charge is 0.270 e. The van der Waals surface area contributed by atoms with Crippen molar-refractivity contribution in [2.45, 2.75) is 6.54 Å². The summed E-state index contributed by atoms with van der Waals surface area (Å²) < 4.78 is 10.2. The number of para-hydroxylation sites is 1. The van der Waals surface area contributed by atoms with Crippen LogP contribution in [0.3, 0.4) is 0 Å². The summed E-state index contributed by atoms with van der Waals surface area (Å²) >= 11 is 0. The van der Waals surface area contributed by atoms with Crippen molar-refractivity contribution in [3.8, 4) is 5.75 Å². The second kappa shape index (κ2) is 9.38. The van der Waals surface area contributed by atoms with Crippen molar-refractivity contribution < 1.29 is 19.2 Å². The molecule has 2 rings (SSSR count). The molecule has 8 heteroatoms. The van der Waals surface area contributed by atoms with E-state index < -0.39 is 4.92 Å². The van der Waals surface area contributed by atoms with Crippen molar-refractivity contribution in [2.75, 3.05) is 32.7 Å². The van der Waals surface area contributed by atoms with Gasteiger partial charge in [-0.1, -0.05) is 12.1 Å². The first-order valence-electron chi connectivity index (χ1n) is 7.98. The molecular formula is C18H21N3O5. The Bertz CT molecular complexity index is 779. The molecule has 138 valence electrons. The van der Waals surface area contributed by atoms with Gasteiger partial charge in [0.25, 0.3) is 11.6 Å². The quantitative estimate of drug-likeness (QED) is 0.405. The molecule has 0 aliphatic heterocycles. The lowest BCUT2D eigenvalue weighted by molar-refractivity contribution is -0.384. The molecule has 0 spiro atoms. The van der Waals surface area contributed by atoms with Gasteiger partial charge < -0.3 is 20.1 Å². The van der Waals surface area contributed by atoms with Gasteiger partial charge in [0.05, 0.1) is 24.2 Å². The van der Waals surface area contributed by atoms with E-state index in [1.807, 2.05) is 0 Å². The number of ether oxygens (including phenoxy) is 2. The number of anilines is 1. The van der Waals surface area contributed by atoms with Gasteiger partial charge in [0.15, 0.2) is 0 Å². The molecule has 0 saturated carbocycles. The van der Waals surface area contributed by atoms with Gasteiger partial charge >= 0.3 is 0 Å². The summed E-state index contributed by atoms with van der Waals surface area (Å²) in [4.78, 5) is 22.8. The predicted molar refractivity (Wildman–Crippen MR) is 97.6 cm³/mol. The van der Waals surface area contributed by atoms with Crippen LogP contribution in [0.1, 0.15) is 15.9 Å². The van der Waals surface area contributed by atoms with Gasteiger partial charge in [-0.15, -0.1) is 0 Å². The molecule has 0 bridgehead atoms. The standard InChI is InChI=1S/C18H21N3O5/c1-25-10-9-19-18(22)15-5-3-4-6-16(15)20-12-13-11-14(21(23)24)7-8-17(13)26-2/h3-8,11,20H,9-10,12H2,1-2H3,(H,19,22). The summed E-state index contributed by atoms with van der Waals surface area (Å²) in [6.45, 7) is 1.10. The van der Waals surface area contributed by atoms with Gasteiger partial charge in [-0.2, -0.15) is 0 Å². The van der Waals surface area contributed by atoms with Crippen LogP contribution in [0, 0.1) is 10.1 Å². The lowest BCUT2D eigenvalue weighted by Gasteiger charge is -2.14. The van der Waals surface area contributed by atoms with Crippen molar-refractivity contribution in [1.29, 1.82) is 0 Å². The molecule has 0 heterocycles. The summed E-state index contributed by atoms with van der Waals surface area (Å²) in [5.74, 6) is 0.307. The first-order chi connectivity index (χ1) is 12.6. The highest BCUT2D eigenvalue weighted by atomic mass is 16.6. The monoisotopic (exact) mass is 359 g/mol. The molecule has 0 aliphatic carbocycles. The number of nitro groups is 1. The van der Waals surface area contributed by atoms with Gasteiger partial charge in [0.2, 0.25) is 0 Å². The highest BCUT2D eigenvalue weighted by Gasteiger charge is 2.14. The molecule has 0 aromatic heterocycles. The summed E-state index contributed by atoms with van der Waals surface area (Å²) in [6.07, 6.45) is 0. The molecule has 2 aromatic rings. The fraction of sp³-hybridized carbons (Fsp3) is 0.278. The minimum atomic E-state index is -0.458. The molecule has 0 atom stereocenters. The Morgan fingerprint density at radius 3 is 2.65 bits per heavy atom. The topological polar surface area (TPSA) is 103 Å². The van der Waals surface area contributed by atoms with Gasteiger partial charge in [-0.3, -0.25) is 14.9 Å². The largest absolute Gasteiger partial charge is 0.496 e. The number of rotatable bonds is 9. The summed E-state index contributed by atoms with van der Waals surface area (Å²) in [6, 6.07) is 11.4. The van der Waals surface area contributed by atoms with Crippen LogP contribution in [0.25, 0.3) is 0 Å².